The number of aliphatic carboxylic acids is 1. The largest absolute Gasteiger partial charge is 0.480 e. The summed E-state index contributed by atoms with van der Waals surface area (Å²) in [5, 5.41) is 12.7. The number of hydrogen-bond acceptors (Lipinski definition) is 6. The Morgan fingerprint density at radius 2 is 2.30 bits per heavy atom. The zero-order valence-corrected chi connectivity index (χ0v) is 14.2. The van der Waals surface area contributed by atoms with Crippen LogP contribution in [-0.2, 0) is 31.3 Å². The molecular formula is C12H18ClN3O6S. The van der Waals surface area contributed by atoms with Gasteiger partial charge in [-0.15, -0.1) is 0 Å². The number of nitrogens with one attached hydrogen (secondary N) is 1. The van der Waals surface area contributed by atoms with E-state index in [0.29, 0.717) is 13.0 Å². The highest BCUT2D eigenvalue weighted by Gasteiger charge is 2.34. The van der Waals surface area contributed by atoms with E-state index in [1.807, 2.05) is 0 Å². The van der Waals surface area contributed by atoms with Crippen LogP contribution < -0.4 is 4.72 Å². The summed E-state index contributed by atoms with van der Waals surface area (Å²) in [6.45, 7) is 1.49. The van der Waals surface area contributed by atoms with E-state index in [4.69, 9.17) is 26.2 Å². The minimum Gasteiger partial charge on any atom is -0.480 e. The van der Waals surface area contributed by atoms with Crippen LogP contribution in [0.2, 0.25) is 5.15 Å². The lowest BCUT2D eigenvalue weighted by Crippen LogP contribution is -2.50. The lowest BCUT2D eigenvalue weighted by atomic mass is 10.1. The molecule has 9 nitrogen and oxygen atoms in total. The summed E-state index contributed by atoms with van der Waals surface area (Å²) in [5.41, 5.74) is 0.268. The van der Waals surface area contributed by atoms with E-state index in [9.17, 15) is 13.2 Å². The van der Waals surface area contributed by atoms with Gasteiger partial charge in [-0.05, 0) is 13.3 Å². The van der Waals surface area contributed by atoms with Crippen molar-refractivity contribution in [3.05, 3.63) is 10.8 Å². The van der Waals surface area contributed by atoms with E-state index < -0.39 is 34.7 Å². The van der Waals surface area contributed by atoms with Crippen LogP contribution in [0.3, 0.4) is 0 Å². The van der Waals surface area contributed by atoms with Crippen molar-refractivity contribution in [3.8, 4) is 0 Å². The maximum absolute atomic E-state index is 12.6. The third kappa shape index (κ3) is 4.21. The first-order chi connectivity index (χ1) is 10.7. The van der Waals surface area contributed by atoms with Crippen LogP contribution in [0.15, 0.2) is 4.90 Å². The number of nitrogens with zero attached hydrogens (tertiary/aromatic N) is 2. The van der Waals surface area contributed by atoms with Gasteiger partial charge in [0, 0.05) is 13.7 Å². The number of carboxylic acids is 1. The molecule has 0 saturated carbocycles. The monoisotopic (exact) mass is 367 g/mol. The molecule has 1 saturated heterocycles. The molecule has 0 amide bonds. The van der Waals surface area contributed by atoms with Gasteiger partial charge in [-0.1, -0.05) is 11.6 Å². The number of sulfonamides is 1. The van der Waals surface area contributed by atoms with Crippen molar-refractivity contribution in [2.75, 3.05) is 19.8 Å². The van der Waals surface area contributed by atoms with Crippen LogP contribution >= 0.6 is 11.6 Å². The smallest absolute Gasteiger partial charge is 0.329 e. The van der Waals surface area contributed by atoms with Crippen LogP contribution in [0.1, 0.15) is 12.1 Å². The van der Waals surface area contributed by atoms with Crippen LogP contribution in [0.4, 0.5) is 0 Å². The summed E-state index contributed by atoms with van der Waals surface area (Å²) < 4.78 is 39.4. The maximum atomic E-state index is 12.6. The van der Waals surface area contributed by atoms with Gasteiger partial charge >= 0.3 is 5.97 Å². The normalized spacial score (nSPS) is 22.2. The number of halogens is 1. The molecule has 1 aliphatic heterocycles. The summed E-state index contributed by atoms with van der Waals surface area (Å²) in [7, 11) is -2.41. The first-order valence-electron chi connectivity index (χ1n) is 6.85. The number of ether oxygens (including phenoxy) is 2. The molecule has 23 heavy (non-hydrogen) atoms. The fourth-order valence-corrected chi connectivity index (χ4v) is 4.38. The Morgan fingerprint density at radius 1 is 1.61 bits per heavy atom. The predicted molar refractivity (Wildman–Crippen MR) is 79.9 cm³/mol. The van der Waals surface area contributed by atoms with Gasteiger partial charge in [-0.3, -0.25) is 4.68 Å². The summed E-state index contributed by atoms with van der Waals surface area (Å²) >= 11 is 6.00. The number of rotatable bonds is 6. The summed E-state index contributed by atoms with van der Waals surface area (Å²) in [5.74, 6) is -1.12. The van der Waals surface area contributed by atoms with Crippen molar-refractivity contribution in [3.63, 3.8) is 0 Å². The molecule has 2 heterocycles. The van der Waals surface area contributed by atoms with E-state index in [1.165, 1.54) is 18.7 Å². The molecule has 2 atom stereocenters. The zero-order valence-electron chi connectivity index (χ0n) is 12.7. The minimum atomic E-state index is -3.94. The number of aromatic nitrogens is 2. The van der Waals surface area contributed by atoms with Crippen molar-refractivity contribution < 1.29 is 27.8 Å². The molecule has 130 valence electrons. The highest BCUT2D eigenvalue weighted by atomic mass is 35.5. The molecule has 0 aromatic carbocycles. The Bertz CT molecular complexity index is 689. The molecule has 0 radical (unpaired) electrons. The van der Waals surface area contributed by atoms with Crippen molar-refractivity contribution in [2.45, 2.75) is 30.4 Å². The first kappa shape index (κ1) is 18.1. The maximum Gasteiger partial charge on any atom is 0.329 e. The van der Waals surface area contributed by atoms with Gasteiger partial charge in [0.05, 0.1) is 24.4 Å². The number of hydrogen-bond donors (Lipinski definition) is 2. The Labute approximate surface area is 138 Å². The number of carbonyl (C=O) groups is 1. The highest BCUT2D eigenvalue weighted by Crippen LogP contribution is 2.25. The summed E-state index contributed by atoms with van der Waals surface area (Å²) in [6.07, 6.45) is -0.203. The third-order valence-electron chi connectivity index (χ3n) is 3.39. The van der Waals surface area contributed by atoms with Crippen molar-refractivity contribution in [1.29, 1.82) is 0 Å². The van der Waals surface area contributed by atoms with Gasteiger partial charge in [0.25, 0.3) is 0 Å². The van der Waals surface area contributed by atoms with Crippen molar-refractivity contribution >= 4 is 27.6 Å². The van der Waals surface area contributed by atoms with E-state index in [2.05, 4.69) is 9.82 Å². The summed E-state index contributed by atoms with van der Waals surface area (Å²) in [6, 6.07) is -0.705. The molecule has 1 aromatic heterocycles. The van der Waals surface area contributed by atoms with E-state index >= 15 is 0 Å². The Kier molecular flexibility index (Phi) is 5.63. The highest BCUT2D eigenvalue weighted by molar-refractivity contribution is 7.89. The topological polar surface area (TPSA) is 120 Å². The fraction of sp³-hybridized carbons (Fsp3) is 0.667. The molecule has 2 N–H and O–H groups in total. The predicted octanol–water partition coefficient (Wildman–Crippen LogP) is -0.0811. The average Bonchev–Trinajstić information content (AvgIpc) is 2.71. The average molecular weight is 368 g/mol. The van der Waals surface area contributed by atoms with E-state index in [1.54, 1.807) is 0 Å². The molecule has 0 unspecified atom stereocenters. The van der Waals surface area contributed by atoms with Gasteiger partial charge in [0.1, 0.15) is 16.7 Å². The Hall–Kier alpha value is -1.20. The molecule has 1 aliphatic rings. The Balaban J connectivity index is 2.18. The minimum absolute atomic E-state index is 0.00488. The fourth-order valence-electron chi connectivity index (χ4n) is 2.38. The zero-order chi connectivity index (χ0) is 17.2. The second-order valence-electron chi connectivity index (χ2n) is 5.16. The van der Waals surface area contributed by atoms with Crippen molar-refractivity contribution in [1.82, 2.24) is 14.5 Å². The van der Waals surface area contributed by atoms with Gasteiger partial charge in [0.2, 0.25) is 10.0 Å². The lowest BCUT2D eigenvalue weighted by Gasteiger charge is -2.31. The standard InChI is InChI=1S/C12H18ClN3O6S/c1-7-11(12(13)16(2)14-7)23(19,20)15-8-5-21-4-3-9(8)22-6-10(17)18/h8-9,15H,3-6H2,1-2H3,(H,17,18)/t8-,9+/m1/s1. The lowest BCUT2D eigenvalue weighted by molar-refractivity contribution is -0.147. The van der Waals surface area contributed by atoms with Crippen LogP contribution in [0.5, 0.6) is 0 Å². The molecule has 1 fully saturated rings. The molecule has 0 spiro atoms. The Morgan fingerprint density at radius 3 is 2.87 bits per heavy atom. The number of carboxylic acid groups (broad SMARTS) is 1. The van der Waals surface area contributed by atoms with Crippen molar-refractivity contribution in [2.24, 2.45) is 7.05 Å². The molecule has 11 heteroatoms. The molecular weight excluding hydrogens is 350 g/mol. The van der Waals surface area contributed by atoms with E-state index in [-0.39, 0.29) is 22.3 Å². The van der Waals surface area contributed by atoms with Crippen LogP contribution in [-0.4, -0.2) is 61.2 Å². The first-order valence-corrected chi connectivity index (χ1v) is 8.71. The SMILES string of the molecule is Cc1nn(C)c(Cl)c1S(=O)(=O)N[C@@H]1COCC[C@@H]1OCC(=O)O. The van der Waals surface area contributed by atoms with Gasteiger partial charge in [-0.25, -0.2) is 17.9 Å². The third-order valence-corrected chi connectivity index (χ3v) is 5.57. The van der Waals surface area contributed by atoms with E-state index in [0.717, 1.165) is 0 Å². The quantitative estimate of drug-likeness (QED) is 0.721. The second-order valence-corrected chi connectivity index (χ2v) is 7.17. The molecule has 1 aromatic rings. The molecule has 0 bridgehead atoms. The number of aryl methyl sites for hydroxylation is 2. The molecule has 2 rings (SSSR count). The van der Waals surface area contributed by atoms with Gasteiger partial charge < -0.3 is 14.6 Å². The van der Waals surface area contributed by atoms with Crippen LogP contribution in [0, 0.1) is 6.92 Å². The second kappa shape index (κ2) is 7.14. The van der Waals surface area contributed by atoms with Gasteiger partial charge in [-0.2, -0.15) is 5.10 Å². The van der Waals surface area contributed by atoms with Crippen LogP contribution in [0.25, 0.3) is 0 Å². The van der Waals surface area contributed by atoms with Gasteiger partial charge in [0.15, 0.2) is 0 Å². The summed E-state index contributed by atoms with van der Waals surface area (Å²) in [4.78, 5) is 10.5. The molecule has 0 aliphatic carbocycles.